The topological polar surface area (TPSA) is 18.5 Å². The number of ether oxygens (including phenoxy) is 2. The molecule has 4 aromatic rings. The zero-order valence-corrected chi connectivity index (χ0v) is 39.6. The molecule has 0 bridgehead atoms. The monoisotopic (exact) mass is 839 g/mol. The van der Waals surface area contributed by atoms with E-state index in [1.807, 2.05) is 23.5 Å². The van der Waals surface area contributed by atoms with Crippen molar-refractivity contribution < 1.29 is 9.47 Å². The molecule has 0 N–H and O–H groups in total. The minimum absolute atomic E-state index is 0.817. The fraction of sp³-hybridized carbons (Fsp3) is 0.564. The van der Waals surface area contributed by atoms with Crippen molar-refractivity contribution in [3.05, 3.63) is 97.1 Å². The molecule has 0 heterocycles. The van der Waals surface area contributed by atoms with Gasteiger partial charge in [0.05, 0.1) is 13.2 Å². The van der Waals surface area contributed by atoms with Gasteiger partial charge in [-0.15, -0.1) is 23.5 Å². The van der Waals surface area contributed by atoms with E-state index in [0.717, 1.165) is 37.6 Å². The van der Waals surface area contributed by atoms with Crippen molar-refractivity contribution in [2.45, 2.75) is 185 Å². The van der Waals surface area contributed by atoms with Crippen LogP contribution < -0.4 is 9.47 Å². The summed E-state index contributed by atoms with van der Waals surface area (Å²) in [4.78, 5) is 2.77. The highest BCUT2D eigenvalue weighted by Gasteiger charge is 2.03. The normalized spacial score (nSPS) is 11.0. The molecule has 0 unspecified atom stereocenters. The Morgan fingerprint density at radius 3 is 0.847 bits per heavy atom. The van der Waals surface area contributed by atoms with Crippen LogP contribution in [0.3, 0.4) is 0 Å². The second-order valence-electron chi connectivity index (χ2n) is 16.2. The van der Waals surface area contributed by atoms with E-state index in [4.69, 9.17) is 9.47 Å². The Kier molecular flexibility index (Phi) is 29.8. The second kappa shape index (κ2) is 34.8. The molecular formula is C55H82O2S2. The maximum atomic E-state index is 5.82. The van der Waals surface area contributed by atoms with E-state index in [-0.39, 0.29) is 0 Å². The maximum absolute atomic E-state index is 5.82. The van der Waals surface area contributed by atoms with Crippen LogP contribution in [0.5, 0.6) is 11.5 Å². The molecule has 0 fully saturated rings. The van der Waals surface area contributed by atoms with Crippen LogP contribution >= 0.6 is 23.5 Å². The Balaban J connectivity index is 0.000000316. The van der Waals surface area contributed by atoms with Gasteiger partial charge in [0.25, 0.3) is 0 Å². The lowest BCUT2D eigenvalue weighted by atomic mass is 10.1. The first-order valence-electron chi connectivity index (χ1n) is 24.1. The highest BCUT2D eigenvalue weighted by Crippen LogP contribution is 2.28. The second-order valence-corrected chi connectivity index (χ2v) is 18.5. The number of rotatable bonds is 33. The van der Waals surface area contributed by atoms with Crippen LogP contribution in [0.25, 0.3) is 22.3 Å². The summed E-state index contributed by atoms with van der Waals surface area (Å²) >= 11 is 3.99. The average Bonchev–Trinajstić information content (AvgIpc) is 3.28. The van der Waals surface area contributed by atoms with Gasteiger partial charge in [-0.1, -0.05) is 198 Å². The van der Waals surface area contributed by atoms with Gasteiger partial charge in [-0.2, -0.15) is 0 Å². The summed E-state index contributed by atoms with van der Waals surface area (Å²) in [6.45, 7) is 10.6. The average molecular weight is 839 g/mol. The van der Waals surface area contributed by atoms with E-state index in [2.05, 4.69) is 125 Å². The summed E-state index contributed by atoms with van der Waals surface area (Å²) < 4.78 is 11.6. The van der Waals surface area contributed by atoms with Gasteiger partial charge in [0.2, 0.25) is 0 Å². The molecule has 0 aromatic heterocycles. The third-order valence-corrected chi connectivity index (χ3v) is 13.1. The van der Waals surface area contributed by atoms with Crippen LogP contribution in [0.2, 0.25) is 0 Å². The van der Waals surface area contributed by atoms with Crippen LogP contribution in [-0.4, -0.2) is 24.7 Å². The van der Waals surface area contributed by atoms with E-state index in [0.29, 0.717) is 0 Å². The maximum Gasteiger partial charge on any atom is 0.119 e. The Labute approximate surface area is 371 Å². The van der Waals surface area contributed by atoms with Crippen LogP contribution in [0.15, 0.2) is 107 Å². The van der Waals surface area contributed by atoms with Crippen LogP contribution in [-0.2, 0) is 0 Å². The van der Waals surface area contributed by atoms with Crippen LogP contribution in [0, 0.1) is 0 Å². The van der Waals surface area contributed by atoms with Gasteiger partial charge in [-0.25, -0.2) is 0 Å². The predicted octanol–water partition coefficient (Wildman–Crippen LogP) is 18.7. The molecule has 0 aliphatic carbocycles. The molecule has 59 heavy (non-hydrogen) atoms. The molecule has 4 aromatic carbocycles. The number of unbranched alkanes of at least 4 members (excludes halogenated alkanes) is 19. The number of thioether (sulfide) groups is 2. The fourth-order valence-corrected chi connectivity index (χ4v) is 8.91. The third kappa shape index (κ3) is 24.3. The number of benzene rings is 4. The molecular weight excluding hydrogens is 757 g/mol. The van der Waals surface area contributed by atoms with Crippen molar-refractivity contribution in [3.8, 4) is 33.8 Å². The highest BCUT2D eigenvalue weighted by molar-refractivity contribution is 7.99. The van der Waals surface area contributed by atoms with Gasteiger partial charge in [-0.3, -0.25) is 0 Å². The van der Waals surface area contributed by atoms with E-state index >= 15 is 0 Å². The Morgan fingerprint density at radius 2 is 0.542 bits per heavy atom. The summed E-state index contributed by atoms with van der Waals surface area (Å²) in [6, 6.07) is 35.1. The molecule has 0 atom stereocenters. The molecule has 0 amide bonds. The Hall–Kier alpha value is -2.82. The summed E-state index contributed by atoms with van der Waals surface area (Å²) in [5.74, 6) is 4.42. The number of hydrogen-bond acceptors (Lipinski definition) is 4. The van der Waals surface area contributed by atoms with E-state index in [9.17, 15) is 0 Å². The molecule has 0 saturated heterocycles. The molecule has 4 heteroatoms. The van der Waals surface area contributed by atoms with Gasteiger partial charge in [0.15, 0.2) is 0 Å². The first-order valence-corrected chi connectivity index (χ1v) is 26.1. The molecule has 0 aliphatic heterocycles. The lowest BCUT2D eigenvalue weighted by molar-refractivity contribution is 0.306. The summed E-state index contributed by atoms with van der Waals surface area (Å²) in [5.41, 5.74) is 5.07. The molecule has 326 valence electrons. The lowest BCUT2D eigenvalue weighted by Crippen LogP contribution is -1.96. The van der Waals surface area contributed by atoms with Gasteiger partial charge >= 0.3 is 0 Å². The van der Waals surface area contributed by atoms with Gasteiger partial charge in [0.1, 0.15) is 11.5 Å². The quantitative estimate of drug-likeness (QED) is 0.0351. The van der Waals surface area contributed by atoms with E-state index < -0.39 is 0 Å². The van der Waals surface area contributed by atoms with Crippen molar-refractivity contribution in [1.82, 2.24) is 0 Å². The summed E-state index contributed by atoms with van der Waals surface area (Å²) in [7, 11) is 0. The standard InChI is InChI=1S/C28H42OS.C27H40OS/c1-3-5-7-8-9-10-11-12-14-24-30-28-21-17-26(18-22-28)25-15-19-27(20-16-25)29-23-13-6-4-2;1-3-5-7-8-9-10-11-13-23-29-27-20-16-25(17-21-27)24-14-18-26(19-15-24)28-22-12-6-4-2/h15-22H,3-14,23-24H2,1-2H3;14-21H,3-13,22-23H2,1-2H3. The minimum Gasteiger partial charge on any atom is -0.494 e. The van der Waals surface area contributed by atoms with Crippen molar-refractivity contribution in [2.75, 3.05) is 24.7 Å². The Bertz CT molecular complexity index is 1520. The molecule has 0 saturated carbocycles. The molecule has 2 nitrogen and oxygen atoms in total. The SMILES string of the molecule is CCCCCCCCCCCSc1ccc(-c2ccc(OCCCCC)cc2)cc1.CCCCCCCCCCSc1ccc(-c2ccc(OCCCCC)cc2)cc1. The first-order chi connectivity index (χ1) is 29.2. The summed E-state index contributed by atoms with van der Waals surface area (Å²) in [5, 5.41) is 0. The van der Waals surface area contributed by atoms with E-state index in [1.165, 1.54) is 178 Å². The van der Waals surface area contributed by atoms with Crippen LogP contribution in [0.4, 0.5) is 0 Å². The highest BCUT2D eigenvalue weighted by atomic mass is 32.2. The van der Waals surface area contributed by atoms with Crippen LogP contribution in [0.1, 0.15) is 175 Å². The smallest absolute Gasteiger partial charge is 0.119 e. The molecule has 0 aliphatic rings. The summed E-state index contributed by atoms with van der Waals surface area (Å²) in [6.07, 6.45) is 30.9. The predicted molar refractivity (Wildman–Crippen MR) is 265 cm³/mol. The van der Waals surface area contributed by atoms with Gasteiger partial charge in [-0.05, 0) is 108 Å². The number of hydrogen-bond donors (Lipinski definition) is 0. The third-order valence-electron chi connectivity index (χ3n) is 10.9. The van der Waals surface area contributed by atoms with Crippen molar-refractivity contribution >= 4 is 23.5 Å². The lowest BCUT2D eigenvalue weighted by Gasteiger charge is -2.08. The largest absolute Gasteiger partial charge is 0.494 e. The zero-order chi connectivity index (χ0) is 41.9. The zero-order valence-electron chi connectivity index (χ0n) is 38.0. The van der Waals surface area contributed by atoms with Crippen molar-refractivity contribution in [3.63, 3.8) is 0 Å². The molecule has 4 rings (SSSR count). The fourth-order valence-electron chi connectivity index (χ4n) is 7.09. The van der Waals surface area contributed by atoms with Crippen molar-refractivity contribution in [1.29, 1.82) is 0 Å². The minimum atomic E-state index is 0.817. The van der Waals surface area contributed by atoms with Gasteiger partial charge in [0, 0.05) is 9.79 Å². The first kappa shape index (κ1) is 50.5. The molecule has 0 spiro atoms. The van der Waals surface area contributed by atoms with E-state index in [1.54, 1.807) is 0 Å². The van der Waals surface area contributed by atoms with Crippen molar-refractivity contribution in [2.24, 2.45) is 0 Å². The van der Waals surface area contributed by atoms with Gasteiger partial charge < -0.3 is 9.47 Å². The Morgan fingerprint density at radius 1 is 0.288 bits per heavy atom. The molecule has 0 radical (unpaired) electrons.